The van der Waals surface area contributed by atoms with Crippen molar-refractivity contribution in [1.82, 2.24) is 24.1 Å². The van der Waals surface area contributed by atoms with Crippen LogP contribution in [0.4, 0.5) is 14.6 Å². The first-order valence-electron chi connectivity index (χ1n) is 11.6. The summed E-state index contributed by atoms with van der Waals surface area (Å²) in [5, 5.41) is 6.10. The molecule has 8 nitrogen and oxygen atoms in total. The third-order valence-electron chi connectivity index (χ3n) is 5.68. The van der Waals surface area contributed by atoms with Crippen LogP contribution in [0.3, 0.4) is 0 Å². The second-order valence-electron chi connectivity index (χ2n) is 8.24. The Balaban J connectivity index is 1.55. The summed E-state index contributed by atoms with van der Waals surface area (Å²) in [5.41, 5.74) is 3.89. The molecular weight excluding hydrogens is 488 g/mol. The number of fused-ring (bicyclic) bond motifs is 1. The third kappa shape index (κ3) is 5.06. The summed E-state index contributed by atoms with van der Waals surface area (Å²) in [6.07, 6.45) is 7.87. The Kier molecular flexibility index (Phi) is 6.79. The molecule has 0 radical (unpaired) electrons. The van der Waals surface area contributed by atoms with E-state index in [-0.39, 0.29) is 23.1 Å². The zero-order chi connectivity index (χ0) is 26.6. The minimum atomic E-state index is -0.360. The molecule has 10 heteroatoms. The van der Waals surface area contributed by atoms with E-state index in [0.717, 1.165) is 0 Å². The van der Waals surface area contributed by atoms with Crippen molar-refractivity contribution >= 4 is 23.6 Å². The number of nitrogens with zero attached hydrogens (tertiary/aromatic N) is 6. The van der Waals surface area contributed by atoms with Crippen molar-refractivity contribution in [3.63, 3.8) is 0 Å². The average Bonchev–Trinajstić information content (AvgIpc) is 3.53. The number of primary amides is 1. The highest BCUT2D eigenvalue weighted by Crippen LogP contribution is 2.32. The first-order chi connectivity index (χ1) is 18.4. The number of rotatable bonds is 7. The van der Waals surface area contributed by atoms with Crippen LogP contribution in [0.2, 0.25) is 0 Å². The molecule has 0 saturated carbocycles. The van der Waals surface area contributed by atoms with Gasteiger partial charge in [0.15, 0.2) is 5.65 Å². The Morgan fingerprint density at radius 3 is 2.45 bits per heavy atom. The van der Waals surface area contributed by atoms with Gasteiger partial charge in [-0.15, -0.1) is 0 Å². The maximum absolute atomic E-state index is 13.6. The molecule has 3 aromatic heterocycles. The SMILES string of the molecule is C=C(/C=C\N=CC)C(=O)[NH2+]c1cn2nc(-c3c(-c4ccc(F)cc4)ncn3-c3ccc(F)cc3)ccc2n1. The van der Waals surface area contributed by atoms with Gasteiger partial charge in [-0.2, -0.15) is 10.1 Å². The number of nitrogens with two attached hydrogens (primary N) is 1. The predicted molar refractivity (Wildman–Crippen MR) is 140 cm³/mol. The molecule has 0 spiro atoms. The average molecular weight is 511 g/mol. The number of amides is 1. The van der Waals surface area contributed by atoms with Crippen LogP contribution in [0, 0.1) is 11.6 Å². The monoisotopic (exact) mass is 510 g/mol. The molecular formula is C28H22F2N7O+. The third-order valence-corrected chi connectivity index (χ3v) is 5.68. The van der Waals surface area contributed by atoms with Crippen molar-refractivity contribution in [2.45, 2.75) is 6.92 Å². The summed E-state index contributed by atoms with van der Waals surface area (Å²) in [4.78, 5) is 25.5. The van der Waals surface area contributed by atoms with E-state index in [1.54, 1.807) is 71.1 Å². The molecule has 2 aromatic carbocycles. The Morgan fingerprint density at radius 2 is 1.74 bits per heavy atom. The molecule has 0 aliphatic heterocycles. The molecule has 0 fully saturated rings. The van der Waals surface area contributed by atoms with Gasteiger partial charge in [0, 0.05) is 23.7 Å². The van der Waals surface area contributed by atoms with E-state index in [1.165, 1.54) is 41.9 Å². The van der Waals surface area contributed by atoms with E-state index in [2.05, 4.69) is 21.5 Å². The summed E-state index contributed by atoms with van der Waals surface area (Å²) in [6.45, 7) is 5.54. The number of benzene rings is 2. The van der Waals surface area contributed by atoms with Gasteiger partial charge in [0.2, 0.25) is 0 Å². The van der Waals surface area contributed by atoms with E-state index in [4.69, 9.17) is 5.10 Å². The van der Waals surface area contributed by atoms with Gasteiger partial charge in [-0.1, -0.05) is 6.58 Å². The van der Waals surface area contributed by atoms with Gasteiger partial charge in [-0.05, 0) is 73.7 Å². The minimum Gasteiger partial charge on any atom is -0.297 e. The number of aromatic nitrogens is 5. The number of halogens is 2. The van der Waals surface area contributed by atoms with E-state index < -0.39 is 0 Å². The molecule has 3 heterocycles. The zero-order valence-electron chi connectivity index (χ0n) is 20.3. The van der Waals surface area contributed by atoms with Gasteiger partial charge in [0.25, 0.3) is 5.82 Å². The molecule has 5 rings (SSSR count). The minimum absolute atomic E-state index is 0.272. The number of hydrogen-bond donors (Lipinski definition) is 1. The molecule has 5 aromatic rings. The van der Waals surface area contributed by atoms with Crippen LogP contribution in [-0.2, 0) is 4.79 Å². The molecule has 1 amide bonds. The van der Waals surface area contributed by atoms with E-state index in [1.807, 2.05) is 0 Å². The number of aliphatic imine (C=N–C) groups is 1. The van der Waals surface area contributed by atoms with Crippen molar-refractivity contribution in [3.8, 4) is 28.3 Å². The lowest BCUT2D eigenvalue weighted by atomic mass is 10.1. The topological polar surface area (TPSA) is 94.0 Å². The number of imidazole rings is 2. The fourth-order valence-electron chi connectivity index (χ4n) is 3.83. The van der Waals surface area contributed by atoms with Crippen LogP contribution in [0.1, 0.15) is 6.92 Å². The lowest BCUT2D eigenvalue weighted by Gasteiger charge is -2.10. The number of carbonyl (C=O) groups is 1. The summed E-state index contributed by atoms with van der Waals surface area (Å²) in [6, 6.07) is 15.5. The van der Waals surface area contributed by atoms with Crippen LogP contribution >= 0.6 is 0 Å². The van der Waals surface area contributed by atoms with Crippen LogP contribution in [0.15, 0.2) is 103 Å². The van der Waals surface area contributed by atoms with Crippen LogP contribution < -0.4 is 5.32 Å². The molecule has 0 aliphatic rings. The quantitative estimate of drug-likeness (QED) is 0.199. The van der Waals surface area contributed by atoms with Crippen LogP contribution in [0.25, 0.3) is 34.0 Å². The van der Waals surface area contributed by atoms with Gasteiger partial charge in [-0.25, -0.2) is 28.4 Å². The van der Waals surface area contributed by atoms with Crippen molar-refractivity contribution in [3.05, 3.63) is 109 Å². The van der Waals surface area contributed by atoms with Gasteiger partial charge < -0.3 is 0 Å². The zero-order valence-corrected chi connectivity index (χ0v) is 20.3. The van der Waals surface area contributed by atoms with Gasteiger partial charge in [0.05, 0.1) is 11.3 Å². The second kappa shape index (κ2) is 10.5. The highest BCUT2D eigenvalue weighted by Gasteiger charge is 2.20. The molecule has 38 heavy (non-hydrogen) atoms. The highest BCUT2D eigenvalue weighted by molar-refractivity contribution is 5.89. The number of carbonyl (C=O) groups excluding carboxylic acids is 1. The summed E-state index contributed by atoms with van der Waals surface area (Å²) in [7, 11) is 0. The number of hydrogen-bond acceptors (Lipinski definition) is 5. The van der Waals surface area contributed by atoms with Gasteiger partial charge in [-0.3, -0.25) is 9.56 Å². The molecule has 0 aliphatic carbocycles. The summed E-state index contributed by atoms with van der Waals surface area (Å²) in [5.74, 6) is -0.606. The van der Waals surface area contributed by atoms with Gasteiger partial charge in [0.1, 0.15) is 35.5 Å². The Labute approximate surface area is 216 Å². The molecule has 0 saturated heterocycles. The van der Waals surface area contributed by atoms with Crippen molar-refractivity contribution in [2.24, 2.45) is 4.99 Å². The maximum Gasteiger partial charge on any atom is 0.348 e. The van der Waals surface area contributed by atoms with Crippen LogP contribution in [0.5, 0.6) is 0 Å². The molecule has 0 unspecified atom stereocenters. The van der Waals surface area contributed by atoms with E-state index in [0.29, 0.717) is 39.8 Å². The lowest BCUT2D eigenvalue weighted by Crippen LogP contribution is -2.82. The van der Waals surface area contributed by atoms with Crippen molar-refractivity contribution < 1.29 is 18.9 Å². The number of quaternary nitrogens is 1. The van der Waals surface area contributed by atoms with Gasteiger partial charge >= 0.3 is 5.91 Å². The molecule has 0 bridgehead atoms. The largest absolute Gasteiger partial charge is 0.348 e. The predicted octanol–water partition coefficient (Wildman–Crippen LogP) is 4.41. The van der Waals surface area contributed by atoms with Crippen LogP contribution in [-0.4, -0.2) is 36.3 Å². The van der Waals surface area contributed by atoms with Crippen molar-refractivity contribution in [2.75, 3.05) is 0 Å². The molecule has 0 atom stereocenters. The summed E-state index contributed by atoms with van der Waals surface area (Å²) >= 11 is 0. The van der Waals surface area contributed by atoms with E-state index >= 15 is 0 Å². The maximum atomic E-state index is 13.6. The Hall–Kier alpha value is -5.09. The van der Waals surface area contributed by atoms with Crippen molar-refractivity contribution in [1.29, 1.82) is 0 Å². The first kappa shape index (κ1) is 24.6. The molecule has 2 N–H and O–H groups in total. The molecule has 188 valence electrons. The second-order valence-corrected chi connectivity index (χ2v) is 8.24. The Morgan fingerprint density at radius 1 is 1.03 bits per heavy atom. The fraction of sp³-hybridized carbons (Fsp3) is 0.0357. The fourth-order valence-corrected chi connectivity index (χ4v) is 3.83. The normalized spacial score (nSPS) is 11.7. The standard InChI is InChI=1S/C28H21F2N7O/c1-3-31-15-14-18(2)28(38)34-24-16-37-25(33-24)13-12-23(35-37)27-26(19-4-6-20(29)7-5-19)32-17-36(27)22-10-8-21(30)9-11-22/h3-17H,2H2,1H3,(H,34,38)/p+1/b15-14-,31-3?. The summed E-state index contributed by atoms with van der Waals surface area (Å²) < 4.78 is 30.6. The highest BCUT2D eigenvalue weighted by atomic mass is 19.1. The smallest absolute Gasteiger partial charge is 0.297 e. The lowest BCUT2D eigenvalue weighted by molar-refractivity contribution is -0.482. The van der Waals surface area contributed by atoms with E-state index in [9.17, 15) is 13.6 Å². The first-order valence-corrected chi connectivity index (χ1v) is 11.6. The Bertz CT molecular complexity index is 1630.